The number of thiazole rings is 1. The van der Waals surface area contributed by atoms with Crippen LogP contribution in [0, 0.1) is 6.92 Å². The summed E-state index contributed by atoms with van der Waals surface area (Å²) < 4.78 is 10.8. The molecule has 2 amide bonds. The van der Waals surface area contributed by atoms with E-state index in [1.165, 1.54) is 4.90 Å². The largest absolute Gasteiger partial charge is 0.462 e. The molecule has 10 nitrogen and oxygen atoms in total. The van der Waals surface area contributed by atoms with Crippen LogP contribution >= 0.6 is 34.5 Å². The number of halogens is 2. The lowest BCUT2D eigenvalue weighted by Gasteiger charge is -2.37. The van der Waals surface area contributed by atoms with Crippen LogP contribution in [0.4, 0.5) is 5.13 Å². The number of carbonyl (C=O) groups excluding carboxylic acids is 3. The highest BCUT2D eigenvalue weighted by Gasteiger charge is 2.35. The average Bonchev–Trinajstić information content (AvgIpc) is 3.36. The zero-order valence-corrected chi connectivity index (χ0v) is 21.9. The molecule has 0 bridgehead atoms. The number of carbonyl (C=O) groups is 3. The van der Waals surface area contributed by atoms with Gasteiger partial charge in [-0.1, -0.05) is 34.5 Å². The molecule has 3 heterocycles. The Kier molecular flexibility index (Phi) is 8.45. The first-order chi connectivity index (χ1) is 16.1. The summed E-state index contributed by atoms with van der Waals surface area (Å²) in [6.45, 7) is 4.54. The van der Waals surface area contributed by atoms with Crippen molar-refractivity contribution in [2.45, 2.75) is 32.4 Å². The molecule has 2 atom stereocenters. The Morgan fingerprint density at radius 1 is 1.29 bits per heavy atom. The fourth-order valence-electron chi connectivity index (χ4n) is 3.60. The fraction of sp³-hybridized carbons (Fsp3) is 0.524. The summed E-state index contributed by atoms with van der Waals surface area (Å²) in [7, 11) is 4.75. The van der Waals surface area contributed by atoms with E-state index >= 15 is 0 Å². The van der Waals surface area contributed by atoms with Crippen molar-refractivity contribution in [2.24, 2.45) is 0 Å². The van der Waals surface area contributed by atoms with E-state index in [0.29, 0.717) is 35.4 Å². The molecule has 1 aliphatic rings. The number of H-pyrrole nitrogens is 1. The van der Waals surface area contributed by atoms with Crippen LogP contribution in [0.2, 0.25) is 10.0 Å². The van der Waals surface area contributed by atoms with Gasteiger partial charge in [0.05, 0.1) is 28.8 Å². The van der Waals surface area contributed by atoms with Crippen LogP contribution in [0.3, 0.4) is 0 Å². The Hall–Kier alpha value is -2.34. The number of hydrogen-bond acceptors (Lipinski definition) is 8. The van der Waals surface area contributed by atoms with Gasteiger partial charge in [0.25, 0.3) is 11.8 Å². The predicted octanol–water partition coefficient (Wildman–Crippen LogP) is 2.99. The number of ether oxygens (including phenoxy) is 2. The van der Waals surface area contributed by atoms with Crippen LogP contribution in [-0.2, 0) is 9.47 Å². The van der Waals surface area contributed by atoms with Gasteiger partial charge in [0, 0.05) is 40.0 Å². The van der Waals surface area contributed by atoms with Gasteiger partial charge in [-0.05, 0) is 20.3 Å². The number of aromatic nitrogens is 2. The summed E-state index contributed by atoms with van der Waals surface area (Å²) in [6, 6.07) is -0.292. The van der Waals surface area contributed by atoms with E-state index in [-0.39, 0.29) is 51.9 Å². The predicted molar refractivity (Wildman–Crippen MR) is 131 cm³/mol. The minimum atomic E-state index is -0.585. The number of aromatic amines is 1. The van der Waals surface area contributed by atoms with Crippen molar-refractivity contribution in [2.75, 3.05) is 45.8 Å². The van der Waals surface area contributed by atoms with Crippen LogP contribution in [0.1, 0.15) is 49.7 Å². The third-order valence-corrected chi connectivity index (χ3v) is 7.46. The van der Waals surface area contributed by atoms with Crippen LogP contribution < -0.4 is 10.2 Å². The van der Waals surface area contributed by atoms with Crippen LogP contribution in [0.25, 0.3) is 0 Å². The Morgan fingerprint density at radius 2 is 2.00 bits per heavy atom. The van der Waals surface area contributed by atoms with Gasteiger partial charge in [0.15, 0.2) is 10.8 Å². The molecule has 3 rings (SSSR count). The summed E-state index contributed by atoms with van der Waals surface area (Å²) in [4.78, 5) is 48.6. The van der Waals surface area contributed by atoms with E-state index in [4.69, 9.17) is 32.7 Å². The number of nitrogens with zero attached hydrogens (tertiary/aromatic N) is 3. The number of rotatable bonds is 7. The Morgan fingerprint density at radius 3 is 2.56 bits per heavy atom. The minimum Gasteiger partial charge on any atom is -0.462 e. The maximum Gasteiger partial charge on any atom is 0.350 e. The van der Waals surface area contributed by atoms with Gasteiger partial charge in [0.1, 0.15) is 10.6 Å². The first-order valence-electron chi connectivity index (χ1n) is 10.6. The summed E-state index contributed by atoms with van der Waals surface area (Å²) in [5.74, 6) is -1.34. The number of amides is 2. The molecule has 1 fully saturated rings. The lowest BCUT2D eigenvalue weighted by Crippen LogP contribution is -2.55. The zero-order valence-electron chi connectivity index (χ0n) is 19.5. The third-order valence-electron chi connectivity index (χ3n) is 5.42. The molecule has 1 saturated heterocycles. The van der Waals surface area contributed by atoms with Crippen molar-refractivity contribution in [1.29, 1.82) is 0 Å². The van der Waals surface area contributed by atoms with Crippen molar-refractivity contribution < 1.29 is 23.9 Å². The van der Waals surface area contributed by atoms with E-state index < -0.39 is 5.97 Å². The van der Waals surface area contributed by atoms with E-state index in [9.17, 15) is 14.4 Å². The number of hydrogen-bond donors (Lipinski definition) is 2. The topological polar surface area (TPSA) is 117 Å². The third kappa shape index (κ3) is 5.32. The standard InChI is InChI=1S/C21H27Cl2N5O5S/c1-6-33-20(31)17-16(19(30)27(3)4)26-21(34-17)28-8-7-11(12(9-28)32-5)25-18(29)15-14(23)13(22)10(2)24-15/h11-12,24H,6-9H2,1-5H3,(H,25,29)/t11-,12+/m0/s1. The molecule has 2 aromatic rings. The van der Waals surface area contributed by atoms with Crippen LogP contribution in [-0.4, -0.2) is 85.7 Å². The highest BCUT2D eigenvalue weighted by molar-refractivity contribution is 7.17. The quantitative estimate of drug-likeness (QED) is 0.527. The van der Waals surface area contributed by atoms with Gasteiger partial charge in [0.2, 0.25) is 0 Å². The number of anilines is 1. The monoisotopic (exact) mass is 531 g/mol. The second kappa shape index (κ2) is 10.9. The maximum atomic E-state index is 12.8. The molecule has 0 unspecified atom stereocenters. The molecule has 186 valence electrons. The fourth-order valence-corrected chi connectivity index (χ4v) is 5.00. The summed E-state index contributed by atoms with van der Waals surface area (Å²) in [5.41, 5.74) is 0.868. The minimum absolute atomic E-state index is 0.0569. The SMILES string of the molecule is CCOC(=O)c1sc(N2CC[C@H](NC(=O)c3[nH]c(C)c(Cl)c3Cl)[C@H](OC)C2)nc1C(=O)N(C)C. The molecule has 2 N–H and O–H groups in total. The molecular weight excluding hydrogens is 505 g/mol. The Balaban J connectivity index is 1.78. The van der Waals surface area contributed by atoms with Crippen molar-refractivity contribution in [3.63, 3.8) is 0 Å². The lowest BCUT2D eigenvalue weighted by atomic mass is 10.0. The molecular formula is C21H27Cl2N5O5S. The molecule has 1 aliphatic heterocycles. The molecule has 0 aliphatic carbocycles. The molecule has 34 heavy (non-hydrogen) atoms. The molecule has 0 radical (unpaired) electrons. The number of aryl methyl sites for hydroxylation is 1. The van der Waals surface area contributed by atoms with Gasteiger partial charge in [-0.15, -0.1) is 0 Å². The molecule has 2 aromatic heterocycles. The highest BCUT2D eigenvalue weighted by Crippen LogP contribution is 2.32. The number of methoxy groups -OCH3 is 1. The van der Waals surface area contributed by atoms with E-state index in [1.807, 2.05) is 4.90 Å². The van der Waals surface area contributed by atoms with E-state index in [1.54, 1.807) is 35.1 Å². The molecule has 0 aromatic carbocycles. The molecule has 0 saturated carbocycles. The van der Waals surface area contributed by atoms with Crippen molar-refractivity contribution in [3.05, 3.63) is 32.0 Å². The van der Waals surface area contributed by atoms with Gasteiger partial charge in [-0.25, -0.2) is 9.78 Å². The number of piperidine rings is 1. The first-order valence-corrected chi connectivity index (χ1v) is 12.2. The van der Waals surface area contributed by atoms with Gasteiger partial charge < -0.3 is 29.6 Å². The highest BCUT2D eigenvalue weighted by atomic mass is 35.5. The first kappa shape index (κ1) is 26.3. The summed E-state index contributed by atoms with van der Waals surface area (Å²) >= 11 is 13.4. The van der Waals surface area contributed by atoms with E-state index in [0.717, 1.165) is 11.3 Å². The van der Waals surface area contributed by atoms with Crippen molar-refractivity contribution >= 4 is 57.5 Å². The Bertz CT molecular complexity index is 1090. The Labute approximate surface area is 211 Å². The average molecular weight is 532 g/mol. The van der Waals surface area contributed by atoms with Crippen molar-refractivity contribution in [3.8, 4) is 0 Å². The second-order valence-electron chi connectivity index (χ2n) is 7.94. The molecule has 13 heteroatoms. The van der Waals surface area contributed by atoms with Crippen LogP contribution in [0.5, 0.6) is 0 Å². The smallest absolute Gasteiger partial charge is 0.350 e. The van der Waals surface area contributed by atoms with Crippen LogP contribution in [0.15, 0.2) is 0 Å². The maximum absolute atomic E-state index is 12.8. The zero-order chi connectivity index (χ0) is 25.2. The van der Waals surface area contributed by atoms with Gasteiger partial charge >= 0.3 is 5.97 Å². The lowest BCUT2D eigenvalue weighted by molar-refractivity contribution is 0.0525. The second-order valence-corrected chi connectivity index (χ2v) is 9.67. The summed E-state index contributed by atoms with van der Waals surface area (Å²) in [6.07, 6.45) is 0.173. The van der Waals surface area contributed by atoms with Crippen molar-refractivity contribution in [1.82, 2.24) is 20.2 Å². The number of nitrogens with one attached hydrogen (secondary N) is 2. The summed E-state index contributed by atoms with van der Waals surface area (Å²) in [5, 5.41) is 3.96. The van der Waals surface area contributed by atoms with Gasteiger partial charge in [-0.3, -0.25) is 9.59 Å². The van der Waals surface area contributed by atoms with E-state index in [2.05, 4.69) is 15.3 Å². The van der Waals surface area contributed by atoms with Gasteiger partial charge in [-0.2, -0.15) is 0 Å². The normalized spacial score (nSPS) is 18.0. The number of esters is 1. The molecule has 0 spiro atoms.